The van der Waals surface area contributed by atoms with Crippen LogP contribution in [-0.4, -0.2) is 73.4 Å². The van der Waals surface area contributed by atoms with E-state index in [4.69, 9.17) is 9.05 Å². The zero-order valence-electron chi connectivity index (χ0n) is 44.2. The number of amides is 1. The van der Waals surface area contributed by atoms with Crippen LogP contribution in [0.25, 0.3) is 0 Å². The molecule has 8 nitrogen and oxygen atoms in total. The minimum atomic E-state index is -4.33. The minimum Gasteiger partial charge on any atom is -0.391 e. The number of quaternary nitrogens is 1. The number of carbonyl (C=O) groups is 1. The number of likely N-dealkylation sites (N-methyl/N-ethyl adjacent to an activating group) is 1. The van der Waals surface area contributed by atoms with Crippen molar-refractivity contribution < 1.29 is 32.9 Å². The van der Waals surface area contributed by atoms with Crippen molar-refractivity contribution in [3.05, 3.63) is 48.6 Å². The number of unbranched alkanes of at least 4 members (excludes halogenated alkanes) is 30. The SMILES string of the molecule is CC/C=C\C/C=C\C/C=C\C/C=C\CCCCCCCCCCCCC(=O)NC(COP(=O)(O)OCC[N+](C)(C)C)C(O)CCCCCCCCCCCCCCCCCCCCCCC. The molecule has 0 spiro atoms. The van der Waals surface area contributed by atoms with Crippen LogP contribution in [0, 0.1) is 0 Å². The Morgan fingerprint density at radius 2 is 0.909 bits per heavy atom. The summed E-state index contributed by atoms with van der Waals surface area (Å²) >= 11 is 0. The van der Waals surface area contributed by atoms with Gasteiger partial charge in [0.05, 0.1) is 39.9 Å². The van der Waals surface area contributed by atoms with Crippen molar-refractivity contribution in [2.75, 3.05) is 40.9 Å². The van der Waals surface area contributed by atoms with E-state index in [1.165, 1.54) is 167 Å². The van der Waals surface area contributed by atoms with Gasteiger partial charge in [0.1, 0.15) is 13.2 Å². The predicted octanol–water partition coefficient (Wildman–Crippen LogP) is 16.8. The van der Waals surface area contributed by atoms with Gasteiger partial charge in [-0.2, -0.15) is 0 Å². The van der Waals surface area contributed by atoms with Gasteiger partial charge in [-0.1, -0.05) is 249 Å². The van der Waals surface area contributed by atoms with Crippen LogP contribution in [0.15, 0.2) is 48.6 Å². The maximum absolute atomic E-state index is 13.0. The van der Waals surface area contributed by atoms with Crippen LogP contribution < -0.4 is 5.32 Å². The van der Waals surface area contributed by atoms with Crippen molar-refractivity contribution in [2.24, 2.45) is 0 Å². The van der Waals surface area contributed by atoms with Crippen LogP contribution in [0.1, 0.15) is 258 Å². The molecule has 0 aliphatic carbocycles. The fourth-order valence-electron chi connectivity index (χ4n) is 8.22. The van der Waals surface area contributed by atoms with Gasteiger partial charge >= 0.3 is 7.82 Å². The number of nitrogens with zero attached hydrogens (tertiary/aromatic N) is 1. The van der Waals surface area contributed by atoms with E-state index in [-0.39, 0.29) is 19.1 Å². The van der Waals surface area contributed by atoms with Gasteiger partial charge in [-0.25, -0.2) is 4.57 Å². The third-order valence-electron chi connectivity index (χ3n) is 12.6. The molecule has 0 radical (unpaired) electrons. The summed E-state index contributed by atoms with van der Waals surface area (Å²) in [5, 5.41) is 14.1. The highest BCUT2D eigenvalue weighted by Gasteiger charge is 2.28. The van der Waals surface area contributed by atoms with E-state index in [0.717, 1.165) is 64.2 Å². The quantitative estimate of drug-likeness (QED) is 0.0243. The number of nitrogens with one attached hydrogen (secondary N) is 1. The minimum absolute atomic E-state index is 0.0730. The van der Waals surface area contributed by atoms with Crippen LogP contribution in [0.4, 0.5) is 0 Å². The molecular weight excluding hydrogens is 840 g/mol. The summed E-state index contributed by atoms with van der Waals surface area (Å²) in [5.74, 6) is -0.148. The number of rotatable bonds is 51. The van der Waals surface area contributed by atoms with Gasteiger partial charge in [-0.05, 0) is 51.4 Å². The maximum atomic E-state index is 13.0. The standard InChI is InChI=1S/C57H109N2O6P/c1-6-8-10-12-14-16-18-20-22-24-26-28-29-31-33-35-37-39-41-43-45-47-49-51-57(61)58-55(54-65-66(62,63)64-53-52-59(3,4)5)56(60)50-48-46-44-42-40-38-36-34-32-30-27-25-23-21-19-17-15-13-11-9-7-2/h8,10,14,16,20,22,26,28,55-56,60H,6-7,9,11-13,15,17-19,21,23-25,27,29-54H2,1-5H3,(H-,58,61,62,63)/p+1/b10-8-,16-14-,22-20-,28-26-. The third-order valence-corrected chi connectivity index (χ3v) is 13.6. The zero-order valence-corrected chi connectivity index (χ0v) is 45.1. The molecule has 3 atom stereocenters. The topological polar surface area (TPSA) is 105 Å². The number of hydrogen-bond acceptors (Lipinski definition) is 5. The van der Waals surface area contributed by atoms with E-state index in [1.807, 2.05) is 21.1 Å². The molecular formula is C57H110N2O6P+. The molecule has 0 aliphatic heterocycles. The third kappa shape index (κ3) is 50.3. The monoisotopic (exact) mass is 950 g/mol. The van der Waals surface area contributed by atoms with E-state index < -0.39 is 20.0 Å². The summed E-state index contributed by atoms with van der Waals surface area (Å²) in [6.45, 7) is 4.80. The number of aliphatic hydroxyl groups excluding tert-OH is 1. The van der Waals surface area contributed by atoms with Crippen molar-refractivity contribution in [2.45, 2.75) is 270 Å². The summed E-state index contributed by atoms with van der Waals surface area (Å²) in [6, 6.07) is -0.765. The van der Waals surface area contributed by atoms with E-state index in [9.17, 15) is 19.4 Å². The molecule has 388 valence electrons. The van der Waals surface area contributed by atoms with Crippen LogP contribution in [0.2, 0.25) is 0 Å². The fourth-order valence-corrected chi connectivity index (χ4v) is 8.95. The van der Waals surface area contributed by atoms with Crippen molar-refractivity contribution in [3.63, 3.8) is 0 Å². The molecule has 0 aromatic carbocycles. The van der Waals surface area contributed by atoms with Gasteiger partial charge in [-0.3, -0.25) is 13.8 Å². The molecule has 0 aliphatic rings. The Morgan fingerprint density at radius 1 is 0.530 bits per heavy atom. The molecule has 9 heteroatoms. The summed E-state index contributed by atoms with van der Waals surface area (Å²) in [4.78, 5) is 23.3. The van der Waals surface area contributed by atoms with Gasteiger partial charge in [0, 0.05) is 6.42 Å². The van der Waals surface area contributed by atoms with E-state index >= 15 is 0 Å². The second-order valence-corrected chi connectivity index (χ2v) is 21.7. The molecule has 0 saturated heterocycles. The Hall–Kier alpha value is -1.54. The molecule has 3 N–H and O–H groups in total. The second kappa shape index (κ2) is 48.5. The lowest BCUT2D eigenvalue weighted by Crippen LogP contribution is -2.46. The van der Waals surface area contributed by atoms with E-state index in [0.29, 0.717) is 23.9 Å². The lowest BCUT2D eigenvalue weighted by Gasteiger charge is -2.26. The molecule has 66 heavy (non-hydrogen) atoms. The highest BCUT2D eigenvalue weighted by molar-refractivity contribution is 7.47. The fraction of sp³-hybridized carbons (Fsp3) is 0.842. The van der Waals surface area contributed by atoms with Crippen LogP contribution >= 0.6 is 7.82 Å². The number of hydrogen-bond donors (Lipinski definition) is 3. The lowest BCUT2D eigenvalue weighted by atomic mass is 10.0. The Morgan fingerprint density at radius 3 is 1.33 bits per heavy atom. The van der Waals surface area contributed by atoms with Crippen LogP contribution in [0.5, 0.6) is 0 Å². The number of allylic oxidation sites excluding steroid dienone is 8. The number of phosphoric ester groups is 1. The molecule has 1 amide bonds. The molecule has 3 unspecified atom stereocenters. The Bertz CT molecular complexity index is 1210. The average molecular weight is 950 g/mol. The summed E-state index contributed by atoms with van der Waals surface area (Å²) in [6.07, 6.45) is 63.0. The van der Waals surface area contributed by atoms with Crippen LogP contribution in [0.3, 0.4) is 0 Å². The molecule has 0 aromatic rings. The van der Waals surface area contributed by atoms with Crippen molar-refractivity contribution >= 4 is 13.7 Å². The highest BCUT2D eigenvalue weighted by Crippen LogP contribution is 2.43. The molecule has 0 heterocycles. The Balaban J connectivity index is 4.20. The summed E-state index contributed by atoms with van der Waals surface area (Å²) < 4.78 is 23.8. The molecule has 0 saturated carbocycles. The average Bonchev–Trinajstić information content (AvgIpc) is 3.28. The molecule has 0 bridgehead atoms. The molecule has 0 aromatic heterocycles. The first-order valence-corrected chi connectivity index (χ1v) is 29.5. The van der Waals surface area contributed by atoms with Gasteiger partial charge < -0.3 is 19.8 Å². The zero-order chi connectivity index (χ0) is 48.5. The van der Waals surface area contributed by atoms with Gasteiger partial charge in [0.25, 0.3) is 0 Å². The van der Waals surface area contributed by atoms with Crippen molar-refractivity contribution in [1.29, 1.82) is 0 Å². The summed E-state index contributed by atoms with van der Waals surface area (Å²) in [7, 11) is 1.61. The lowest BCUT2D eigenvalue weighted by molar-refractivity contribution is -0.870. The van der Waals surface area contributed by atoms with Gasteiger partial charge in [0.15, 0.2) is 0 Å². The van der Waals surface area contributed by atoms with Crippen molar-refractivity contribution in [3.8, 4) is 0 Å². The smallest absolute Gasteiger partial charge is 0.391 e. The number of phosphoric acid groups is 1. The molecule has 0 fully saturated rings. The number of carbonyl (C=O) groups excluding carboxylic acids is 1. The summed E-state index contributed by atoms with van der Waals surface area (Å²) in [5.41, 5.74) is 0. The maximum Gasteiger partial charge on any atom is 0.472 e. The van der Waals surface area contributed by atoms with Gasteiger partial charge in [0.2, 0.25) is 5.91 Å². The van der Waals surface area contributed by atoms with Gasteiger partial charge in [-0.15, -0.1) is 0 Å². The van der Waals surface area contributed by atoms with Crippen molar-refractivity contribution in [1.82, 2.24) is 5.32 Å². The predicted molar refractivity (Wildman–Crippen MR) is 286 cm³/mol. The first kappa shape index (κ1) is 64.5. The van der Waals surface area contributed by atoms with E-state index in [2.05, 4.69) is 67.8 Å². The molecule has 0 rings (SSSR count). The first-order valence-electron chi connectivity index (χ1n) is 28.0. The Kier molecular flexibility index (Phi) is 47.4. The second-order valence-electron chi connectivity index (χ2n) is 20.3. The Labute approximate surface area is 409 Å². The normalized spacial score (nSPS) is 14.3. The first-order chi connectivity index (χ1) is 32.0. The number of aliphatic hydroxyl groups is 1. The van der Waals surface area contributed by atoms with Crippen LogP contribution in [-0.2, 0) is 18.4 Å². The largest absolute Gasteiger partial charge is 0.472 e. The highest BCUT2D eigenvalue weighted by atomic mass is 31.2. The van der Waals surface area contributed by atoms with E-state index in [1.54, 1.807) is 0 Å².